The Morgan fingerprint density at radius 1 is 1.09 bits per heavy atom. The largest absolute Gasteiger partial charge is 0.495 e. The topological polar surface area (TPSA) is 50.4 Å². The van der Waals surface area contributed by atoms with Gasteiger partial charge in [-0.25, -0.2) is 0 Å². The lowest BCUT2D eigenvalue weighted by molar-refractivity contribution is -0.122. The van der Waals surface area contributed by atoms with E-state index >= 15 is 0 Å². The molecule has 0 aliphatic heterocycles. The van der Waals surface area contributed by atoms with E-state index in [-0.39, 0.29) is 5.91 Å². The monoisotopic (exact) mass is 296 g/mol. The van der Waals surface area contributed by atoms with Crippen LogP contribution in [0.2, 0.25) is 0 Å². The minimum Gasteiger partial charge on any atom is -0.495 e. The van der Waals surface area contributed by atoms with Gasteiger partial charge < -0.3 is 15.4 Å². The molecular weight excluding hydrogens is 276 g/mol. The van der Waals surface area contributed by atoms with Crippen LogP contribution in [0.5, 0.6) is 5.75 Å². The van der Waals surface area contributed by atoms with E-state index in [0.29, 0.717) is 6.04 Å². The average molecular weight is 296 g/mol. The van der Waals surface area contributed by atoms with E-state index in [1.165, 1.54) is 0 Å². The van der Waals surface area contributed by atoms with E-state index in [0.717, 1.165) is 29.8 Å². The van der Waals surface area contributed by atoms with Gasteiger partial charge in [0, 0.05) is 6.04 Å². The number of anilines is 1. The maximum atomic E-state index is 12.6. The molecule has 1 fully saturated rings. The van der Waals surface area contributed by atoms with Crippen LogP contribution in [0.15, 0.2) is 54.6 Å². The van der Waals surface area contributed by atoms with E-state index in [2.05, 4.69) is 10.6 Å². The van der Waals surface area contributed by atoms with Gasteiger partial charge in [-0.05, 0) is 30.5 Å². The molecule has 1 amide bonds. The van der Waals surface area contributed by atoms with E-state index in [1.807, 2.05) is 54.6 Å². The summed E-state index contributed by atoms with van der Waals surface area (Å²) in [5.74, 6) is 0.724. The summed E-state index contributed by atoms with van der Waals surface area (Å²) in [6.45, 7) is 0. The van der Waals surface area contributed by atoms with Crippen molar-refractivity contribution in [2.75, 3.05) is 12.4 Å². The molecule has 0 spiro atoms. The first-order valence-electron chi connectivity index (χ1n) is 7.53. The van der Waals surface area contributed by atoms with Gasteiger partial charge in [0.15, 0.2) is 0 Å². The van der Waals surface area contributed by atoms with Crippen LogP contribution < -0.4 is 15.4 Å². The third kappa shape index (κ3) is 3.39. The lowest BCUT2D eigenvalue weighted by atomic mass is 10.1. The van der Waals surface area contributed by atoms with Gasteiger partial charge in [-0.3, -0.25) is 4.79 Å². The molecule has 1 aliphatic carbocycles. The van der Waals surface area contributed by atoms with E-state index < -0.39 is 6.04 Å². The highest BCUT2D eigenvalue weighted by Gasteiger charge is 2.28. The quantitative estimate of drug-likeness (QED) is 0.861. The summed E-state index contributed by atoms with van der Waals surface area (Å²) in [5, 5.41) is 6.38. The molecule has 1 saturated carbocycles. The third-order valence-electron chi connectivity index (χ3n) is 3.73. The molecule has 0 unspecified atom stereocenters. The Hall–Kier alpha value is -2.49. The zero-order valence-electron chi connectivity index (χ0n) is 12.6. The summed E-state index contributed by atoms with van der Waals surface area (Å²) < 4.78 is 5.36. The molecule has 0 bridgehead atoms. The fraction of sp³-hybridized carbons (Fsp3) is 0.278. The molecule has 2 aromatic carbocycles. The Balaban J connectivity index is 1.86. The van der Waals surface area contributed by atoms with Gasteiger partial charge in [0.05, 0.1) is 12.8 Å². The van der Waals surface area contributed by atoms with Gasteiger partial charge in [0.1, 0.15) is 11.8 Å². The molecule has 1 atom stereocenters. The summed E-state index contributed by atoms with van der Waals surface area (Å²) in [5.41, 5.74) is 1.75. The van der Waals surface area contributed by atoms with Crippen LogP contribution in [-0.4, -0.2) is 19.1 Å². The number of hydrogen-bond acceptors (Lipinski definition) is 3. The van der Waals surface area contributed by atoms with E-state index in [9.17, 15) is 4.79 Å². The zero-order valence-corrected chi connectivity index (χ0v) is 12.6. The lowest BCUT2D eigenvalue weighted by Gasteiger charge is -2.21. The van der Waals surface area contributed by atoms with Crippen LogP contribution in [0, 0.1) is 0 Å². The van der Waals surface area contributed by atoms with Crippen LogP contribution in [-0.2, 0) is 4.79 Å². The van der Waals surface area contributed by atoms with Gasteiger partial charge in [0.25, 0.3) is 0 Å². The maximum absolute atomic E-state index is 12.6. The van der Waals surface area contributed by atoms with Crippen molar-refractivity contribution in [3.05, 3.63) is 60.2 Å². The van der Waals surface area contributed by atoms with Gasteiger partial charge in [-0.1, -0.05) is 42.5 Å². The van der Waals surface area contributed by atoms with Crippen LogP contribution >= 0.6 is 0 Å². The number of amides is 1. The van der Waals surface area contributed by atoms with Crippen LogP contribution in [0.25, 0.3) is 0 Å². The second-order valence-corrected chi connectivity index (χ2v) is 5.47. The van der Waals surface area contributed by atoms with Crippen molar-refractivity contribution in [2.24, 2.45) is 0 Å². The van der Waals surface area contributed by atoms with E-state index in [1.54, 1.807) is 7.11 Å². The third-order valence-corrected chi connectivity index (χ3v) is 3.73. The van der Waals surface area contributed by atoms with Gasteiger partial charge >= 0.3 is 0 Å². The van der Waals surface area contributed by atoms with Crippen molar-refractivity contribution in [3.8, 4) is 5.75 Å². The van der Waals surface area contributed by atoms with E-state index in [4.69, 9.17) is 4.74 Å². The number of hydrogen-bond donors (Lipinski definition) is 2. The number of benzene rings is 2. The highest BCUT2D eigenvalue weighted by atomic mass is 16.5. The summed E-state index contributed by atoms with van der Waals surface area (Å²) >= 11 is 0. The van der Waals surface area contributed by atoms with Crippen molar-refractivity contribution >= 4 is 11.6 Å². The minimum absolute atomic E-state index is 0.000365. The molecule has 4 heteroatoms. The Bertz CT molecular complexity index is 639. The Morgan fingerprint density at radius 2 is 1.77 bits per heavy atom. The lowest BCUT2D eigenvalue weighted by Crippen LogP contribution is -2.34. The predicted octanol–water partition coefficient (Wildman–Crippen LogP) is 3.13. The number of ether oxygens (including phenoxy) is 1. The summed E-state index contributed by atoms with van der Waals surface area (Å²) in [4.78, 5) is 12.6. The molecule has 0 aromatic heterocycles. The van der Waals surface area contributed by atoms with Crippen molar-refractivity contribution in [1.29, 1.82) is 0 Å². The molecule has 2 aromatic rings. The second-order valence-electron chi connectivity index (χ2n) is 5.47. The normalized spacial score (nSPS) is 15.0. The number of rotatable bonds is 6. The predicted molar refractivity (Wildman–Crippen MR) is 87.0 cm³/mol. The molecule has 0 radical (unpaired) electrons. The molecule has 0 saturated heterocycles. The van der Waals surface area contributed by atoms with Crippen molar-refractivity contribution in [3.63, 3.8) is 0 Å². The van der Waals surface area contributed by atoms with Gasteiger partial charge in [-0.15, -0.1) is 0 Å². The van der Waals surface area contributed by atoms with Gasteiger partial charge in [0.2, 0.25) is 5.91 Å². The van der Waals surface area contributed by atoms with Crippen LogP contribution in [0.4, 0.5) is 5.69 Å². The van der Waals surface area contributed by atoms with Crippen LogP contribution in [0.3, 0.4) is 0 Å². The zero-order chi connectivity index (χ0) is 15.4. The number of carbonyl (C=O) groups is 1. The first kappa shape index (κ1) is 14.4. The first-order chi connectivity index (χ1) is 10.8. The smallest absolute Gasteiger partial charge is 0.247 e. The molecule has 4 nitrogen and oxygen atoms in total. The summed E-state index contributed by atoms with van der Waals surface area (Å²) in [6.07, 6.45) is 2.14. The number of para-hydroxylation sites is 2. The fourth-order valence-electron chi connectivity index (χ4n) is 2.38. The van der Waals surface area contributed by atoms with Crippen LogP contribution in [0.1, 0.15) is 24.4 Å². The molecular formula is C18H20N2O2. The Labute approximate surface area is 130 Å². The highest BCUT2D eigenvalue weighted by molar-refractivity contribution is 5.87. The van der Waals surface area contributed by atoms with Crippen molar-refractivity contribution in [1.82, 2.24) is 5.32 Å². The first-order valence-corrected chi connectivity index (χ1v) is 7.53. The minimum atomic E-state index is -0.432. The molecule has 0 heterocycles. The molecule has 2 N–H and O–H groups in total. The number of nitrogens with one attached hydrogen (secondary N) is 2. The molecule has 114 valence electrons. The standard InChI is InChI=1S/C18H20N2O2/c1-22-16-10-6-5-9-15(16)20-17(13-7-3-2-4-8-13)18(21)19-14-11-12-14/h2-10,14,17,20H,11-12H2,1H3,(H,19,21)/t17-/m1/s1. The number of carbonyl (C=O) groups excluding carboxylic acids is 1. The molecule has 22 heavy (non-hydrogen) atoms. The summed E-state index contributed by atoms with van der Waals surface area (Å²) in [6, 6.07) is 17.3. The SMILES string of the molecule is COc1ccccc1N[C@@H](C(=O)NC1CC1)c1ccccc1. The fourth-order valence-corrected chi connectivity index (χ4v) is 2.38. The highest BCUT2D eigenvalue weighted by Crippen LogP contribution is 2.29. The average Bonchev–Trinajstić information content (AvgIpc) is 3.37. The van der Waals surface area contributed by atoms with Crippen molar-refractivity contribution in [2.45, 2.75) is 24.9 Å². The summed E-state index contributed by atoms with van der Waals surface area (Å²) in [7, 11) is 1.63. The maximum Gasteiger partial charge on any atom is 0.247 e. The second kappa shape index (κ2) is 6.52. The number of methoxy groups -OCH3 is 1. The molecule has 1 aliphatic rings. The Kier molecular flexibility index (Phi) is 4.28. The Morgan fingerprint density at radius 3 is 2.45 bits per heavy atom. The van der Waals surface area contributed by atoms with Gasteiger partial charge in [-0.2, -0.15) is 0 Å². The molecule has 3 rings (SSSR count). The van der Waals surface area contributed by atoms with Crippen molar-refractivity contribution < 1.29 is 9.53 Å².